The van der Waals surface area contributed by atoms with E-state index in [4.69, 9.17) is 0 Å². The van der Waals surface area contributed by atoms with Gasteiger partial charge in [-0.3, -0.25) is 9.69 Å². The van der Waals surface area contributed by atoms with Gasteiger partial charge in [0.15, 0.2) is 0 Å². The lowest BCUT2D eigenvalue weighted by molar-refractivity contribution is 0.0877. The van der Waals surface area contributed by atoms with Crippen molar-refractivity contribution in [3.63, 3.8) is 0 Å². The van der Waals surface area contributed by atoms with Crippen LogP contribution in [0.5, 0.6) is 0 Å². The van der Waals surface area contributed by atoms with Crippen LogP contribution in [0.25, 0.3) is 0 Å². The van der Waals surface area contributed by atoms with Crippen molar-refractivity contribution in [2.75, 3.05) is 39.8 Å². The van der Waals surface area contributed by atoms with Crippen molar-refractivity contribution >= 4 is 5.91 Å². The molecule has 134 valence electrons. The van der Waals surface area contributed by atoms with E-state index in [1.807, 2.05) is 19.3 Å². The SMILES string of the molecule is CN1CCN([C@@H](CNC(=O)c2cccc(F)c2)c2cccn2C)CC1. The third-order valence-electron chi connectivity index (χ3n) is 4.85. The maximum atomic E-state index is 13.3. The number of piperazine rings is 1. The molecule has 2 heterocycles. The summed E-state index contributed by atoms with van der Waals surface area (Å²) in [5.74, 6) is -0.640. The second-order valence-corrected chi connectivity index (χ2v) is 6.62. The van der Waals surface area contributed by atoms with Crippen LogP contribution in [-0.2, 0) is 7.05 Å². The van der Waals surface area contributed by atoms with E-state index < -0.39 is 5.82 Å². The van der Waals surface area contributed by atoms with Crippen LogP contribution in [0.15, 0.2) is 42.6 Å². The average molecular weight is 344 g/mol. The number of nitrogens with zero attached hydrogens (tertiary/aromatic N) is 3. The van der Waals surface area contributed by atoms with E-state index >= 15 is 0 Å². The highest BCUT2D eigenvalue weighted by Crippen LogP contribution is 2.22. The Morgan fingerprint density at radius 2 is 1.92 bits per heavy atom. The van der Waals surface area contributed by atoms with Gasteiger partial charge in [0.2, 0.25) is 0 Å². The first kappa shape index (κ1) is 17.6. The molecule has 1 amide bonds. The van der Waals surface area contributed by atoms with E-state index in [1.54, 1.807) is 12.1 Å². The maximum absolute atomic E-state index is 13.3. The van der Waals surface area contributed by atoms with E-state index in [0.29, 0.717) is 12.1 Å². The van der Waals surface area contributed by atoms with E-state index in [9.17, 15) is 9.18 Å². The minimum Gasteiger partial charge on any atom is -0.353 e. The maximum Gasteiger partial charge on any atom is 0.251 e. The molecule has 0 saturated carbocycles. The summed E-state index contributed by atoms with van der Waals surface area (Å²) in [7, 11) is 4.15. The monoisotopic (exact) mass is 344 g/mol. The number of aryl methyl sites for hydroxylation is 1. The Labute approximate surface area is 148 Å². The molecule has 6 heteroatoms. The highest BCUT2D eigenvalue weighted by Gasteiger charge is 2.26. The molecule has 1 fully saturated rings. The first-order valence-corrected chi connectivity index (χ1v) is 8.62. The predicted octanol–water partition coefficient (Wildman–Crippen LogP) is 1.88. The van der Waals surface area contributed by atoms with Crippen molar-refractivity contribution in [3.8, 4) is 0 Å². The Morgan fingerprint density at radius 3 is 2.56 bits per heavy atom. The van der Waals surface area contributed by atoms with Crippen LogP contribution < -0.4 is 5.32 Å². The quantitative estimate of drug-likeness (QED) is 0.900. The fraction of sp³-hybridized carbons (Fsp3) is 0.421. The number of hydrogen-bond acceptors (Lipinski definition) is 3. The summed E-state index contributed by atoms with van der Waals surface area (Å²) in [6.07, 6.45) is 2.02. The number of halogens is 1. The molecule has 0 unspecified atom stereocenters. The summed E-state index contributed by atoms with van der Waals surface area (Å²) in [4.78, 5) is 17.1. The fourth-order valence-corrected chi connectivity index (χ4v) is 3.30. The number of carbonyl (C=O) groups excluding carboxylic acids is 1. The molecule has 0 radical (unpaired) electrons. The smallest absolute Gasteiger partial charge is 0.251 e. The van der Waals surface area contributed by atoms with Gasteiger partial charge < -0.3 is 14.8 Å². The number of likely N-dealkylation sites (N-methyl/N-ethyl adjacent to an activating group) is 1. The number of benzene rings is 1. The largest absolute Gasteiger partial charge is 0.353 e. The van der Waals surface area contributed by atoms with Gasteiger partial charge in [-0.25, -0.2) is 4.39 Å². The van der Waals surface area contributed by atoms with Crippen molar-refractivity contribution < 1.29 is 9.18 Å². The Kier molecular flexibility index (Phi) is 5.50. The van der Waals surface area contributed by atoms with Gasteiger partial charge in [-0.2, -0.15) is 0 Å². The van der Waals surface area contributed by atoms with E-state index in [1.165, 1.54) is 17.8 Å². The van der Waals surface area contributed by atoms with Gasteiger partial charge in [0.25, 0.3) is 5.91 Å². The minimum absolute atomic E-state index is 0.103. The molecule has 25 heavy (non-hydrogen) atoms. The van der Waals surface area contributed by atoms with Crippen LogP contribution in [0.4, 0.5) is 4.39 Å². The third-order valence-corrected chi connectivity index (χ3v) is 4.85. The lowest BCUT2D eigenvalue weighted by Gasteiger charge is -2.38. The van der Waals surface area contributed by atoms with Crippen LogP contribution in [-0.4, -0.2) is 60.0 Å². The number of hydrogen-bond donors (Lipinski definition) is 1. The second-order valence-electron chi connectivity index (χ2n) is 6.62. The second kappa shape index (κ2) is 7.80. The van der Waals surface area contributed by atoms with Crippen LogP contribution in [0, 0.1) is 5.82 Å². The van der Waals surface area contributed by atoms with Crippen LogP contribution in [0.3, 0.4) is 0 Å². The molecule has 0 bridgehead atoms. The molecule has 3 rings (SSSR count). The van der Waals surface area contributed by atoms with Gasteiger partial charge in [-0.1, -0.05) is 6.07 Å². The molecule has 1 aromatic carbocycles. The van der Waals surface area contributed by atoms with Crippen LogP contribution in [0.1, 0.15) is 22.1 Å². The molecule has 1 aliphatic heterocycles. The van der Waals surface area contributed by atoms with E-state index in [-0.39, 0.29) is 11.9 Å². The summed E-state index contributed by atoms with van der Waals surface area (Å²) in [6.45, 7) is 4.44. The zero-order chi connectivity index (χ0) is 17.8. The first-order chi connectivity index (χ1) is 12.0. The van der Waals surface area contributed by atoms with Gasteiger partial charge in [0, 0.05) is 57.2 Å². The molecular formula is C19H25FN4O. The summed E-state index contributed by atoms with van der Waals surface area (Å²) in [5, 5.41) is 2.98. The van der Waals surface area contributed by atoms with Crippen molar-refractivity contribution in [3.05, 3.63) is 59.7 Å². The number of nitrogens with one attached hydrogen (secondary N) is 1. The number of amides is 1. The molecular weight excluding hydrogens is 319 g/mol. The molecule has 1 N–H and O–H groups in total. The predicted molar refractivity (Wildman–Crippen MR) is 96.0 cm³/mol. The lowest BCUT2D eigenvalue weighted by atomic mass is 10.1. The van der Waals surface area contributed by atoms with E-state index in [0.717, 1.165) is 26.2 Å². The van der Waals surface area contributed by atoms with Gasteiger partial charge in [0.1, 0.15) is 5.82 Å². The van der Waals surface area contributed by atoms with Crippen LogP contribution >= 0.6 is 0 Å². The standard InChI is InChI=1S/C19H25FN4O/c1-22-9-11-24(12-10-22)18(17-7-4-8-23(17)2)14-21-19(25)15-5-3-6-16(20)13-15/h3-8,13,18H,9-12,14H2,1-2H3,(H,21,25)/t18-/m0/s1. The zero-order valence-electron chi connectivity index (χ0n) is 14.8. The number of carbonyl (C=O) groups is 1. The fourth-order valence-electron chi connectivity index (χ4n) is 3.30. The Bertz CT molecular complexity index is 722. The molecule has 2 aromatic rings. The normalized spacial score (nSPS) is 17.4. The molecule has 0 spiro atoms. The van der Waals surface area contributed by atoms with Gasteiger partial charge in [0.05, 0.1) is 6.04 Å². The Morgan fingerprint density at radius 1 is 1.16 bits per heavy atom. The molecule has 1 saturated heterocycles. The van der Waals surface area contributed by atoms with Gasteiger partial charge >= 0.3 is 0 Å². The van der Waals surface area contributed by atoms with Crippen molar-refractivity contribution in [2.45, 2.75) is 6.04 Å². The van der Waals surface area contributed by atoms with Crippen molar-refractivity contribution in [1.29, 1.82) is 0 Å². The highest BCUT2D eigenvalue weighted by atomic mass is 19.1. The summed E-state index contributed by atoms with van der Waals surface area (Å²) in [6, 6.07) is 10.0. The molecule has 5 nitrogen and oxygen atoms in total. The van der Waals surface area contributed by atoms with Crippen LogP contribution in [0.2, 0.25) is 0 Å². The topological polar surface area (TPSA) is 40.5 Å². The van der Waals surface area contributed by atoms with E-state index in [2.05, 4.69) is 32.8 Å². The van der Waals surface area contributed by atoms with Gasteiger partial charge in [-0.05, 0) is 37.4 Å². The molecule has 1 aliphatic rings. The zero-order valence-corrected chi connectivity index (χ0v) is 14.8. The summed E-state index contributed by atoms with van der Waals surface area (Å²) < 4.78 is 15.4. The Hall–Kier alpha value is -2.18. The molecule has 1 atom stereocenters. The molecule has 0 aliphatic carbocycles. The van der Waals surface area contributed by atoms with Gasteiger partial charge in [-0.15, -0.1) is 0 Å². The number of rotatable bonds is 5. The summed E-state index contributed by atoms with van der Waals surface area (Å²) in [5.41, 5.74) is 1.52. The van der Waals surface area contributed by atoms with Crippen molar-refractivity contribution in [1.82, 2.24) is 19.7 Å². The molecule has 1 aromatic heterocycles. The number of aromatic nitrogens is 1. The Balaban J connectivity index is 1.72. The third kappa shape index (κ3) is 4.27. The minimum atomic E-state index is -0.397. The van der Waals surface area contributed by atoms with Crippen molar-refractivity contribution in [2.24, 2.45) is 7.05 Å². The average Bonchev–Trinajstić information content (AvgIpc) is 3.02. The summed E-state index contributed by atoms with van der Waals surface area (Å²) >= 11 is 0. The first-order valence-electron chi connectivity index (χ1n) is 8.62. The highest BCUT2D eigenvalue weighted by molar-refractivity contribution is 5.94. The lowest BCUT2D eigenvalue weighted by Crippen LogP contribution is -2.48.